The summed E-state index contributed by atoms with van der Waals surface area (Å²) in [5.41, 5.74) is 0. The van der Waals surface area contributed by atoms with Gasteiger partial charge in [0.1, 0.15) is 0 Å². The van der Waals surface area contributed by atoms with E-state index in [1.54, 1.807) is 0 Å². The van der Waals surface area contributed by atoms with E-state index in [0.717, 1.165) is 19.3 Å². The molecule has 1 unspecified atom stereocenters. The summed E-state index contributed by atoms with van der Waals surface area (Å²) in [7, 11) is 0. The summed E-state index contributed by atoms with van der Waals surface area (Å²) in [6.07, 6.45) is -6.35. The van der Waals surface area contributed by atoms with E-state index in [2.05, 4.69) is 0 Å². The van der Waals surface area contributed by atoms with Crippen LogP contribution in [0, 0.1) is 0 Å². The van der Waals surface area contributed by atoms with E-state index in [9.17, 15) is 39.5 Å². The van der Waals surface area contributed by atoms with Gasteiger partial charge in [-0.2, -0.15) is 39.5 Å². The van der Waals surface area contributed by atoms with Gasteiger partial charge in [0, 0.05) is 19.6 Å². The van der Waals surface area contributed by atoms with Gasteiger partial charge in [-0.1, -0.05) is 6.42 Å². The van der Waals surface area contributed by atoms with Crippen LogP contribution in [0.2, 0.25) is 0 Å². The molecule has 1 aliphatic rings. The number of rotatable bonds is 10. The van der Waals surface area contributed by atoms with Gasteiger partial charge in [-0.25, -0.2) is 0 Å². The third kappa shape index (κ3) is 5.64. The minimum atomic E-state index is -6.81. The van der Waals surface area contributed by atoms with E-state index in [1.807, 2.05) is 0 Å². The van der Waals surface area contributed by atoms with Gasteiger partial charge in [-0.15, -0.1) is 0 Å². The Bertz CT molecular complexity index is 418. The van der Waals surface area contributed by atoms with Crippen LogP contribution in [0.25, 0.3) is 0 Å². The number of ether oxygens (including phenoxy) is 2. The Morgan fingerprint density at radius 2 is 1.46 bits per heavy atom. The third-order valence-electron chi connectivity index (χ3n) is 4.07. The summed E-state index contributed by atoms with van der Waals surface area (Å²) in [5.74, 6) is -18.8. The second-order valence-corrected chi connectivity index (χ2v) is 6.23. The molecule has 0 radical (unpaired) electrons. The molecule has 0 bridgehead atoms. The monoisotopic (exact) mass is 404 g/mol. The molecule has 1 rings (SSSR count). The topological polar surface area (TPSA) is 18.5 Å². The highest BCUT2D eigenvalue weighted by molar-refractivity contribution is 5.00. The molecule has 1 fully saturated rings. The molecule has 1 atom stereocenters. The van der Waals surface area contributed by atoms with E-state index in [0.29, 0.717) is 13.2 Å². The van der Waals surface area contributed by atoms with E-state index in [-0.39, 0.29) is 25.6 Å². The molecule has 11 heteroatoms. The van der Waals surface area contributed by atoms with Gasteiger partial charge in [0.05, 0.1) is 12.7 Å². The first kappa shape index (κ1) is 23.3. The van der Waals surface area contributed by atoms with E-state index < -0.39 is 36.8 Å². The molecular formula is C15H21F9O2. The van der Waals surface area contributed by atoms with Crippen LogP contribution in [0.5, 0.6) is 0 Å². The Kier molecular flexibility index (Phi) is 8.06. The van der Waals surface area contributed by atoms with Gasteiger partial charge in [-0.05, 0) is 32.1 Å². The lowest BCUT2D eigenvalue weighted by Crippen LogP contribution is -2.60. The Labute approximate surface area is 145 Å². The molecule has 26 heavy (non-hydrogen) atoms. The highest BCUT2D eigenvalue weighted by Gasteiger charge is 2.81. The number of alkyl halides is 9. The fourth-order valence-corrected chi connectivity index (χ4v) is 2.45. The summed E-state index contributed by atoms with van der Waals surface area (Å²) in [4.78, 5) is 0. The lowest BCUT2D eigenvalue weighted by Gasteiger charge is -2.33. The normalized spacial score (nSPS) is 20.4. The number of hydrogen-bond donors (Lipinski definition) is 0. The first-order valence-corrected chi connectivity index (χ1v) is 8.22. The molecule has 1 aliphatic heterocycles. The molecule has 0 saturated carbocycles. The Balaban J connectivity index is 2.31. The predicted molar refractivity (Wildman–Crippen MR) is 73.8 cm³/mol. The lowest BCUT2D eigenvalue weighted by atomic mass is 9.98. The molecule has 0 aromatic rings. The van der Waals surface area contributed by atoms with Gasteiger partial charge in [0.2, 0.25) is 0 Å². The number of unbranched alkanes of at least 4 members (excludes halogenated alkanes) is 2. The first-order valence-electron chi connectivity index (χ1n) is 8.22. The van der Waals surface area contributed by atoms with Crippen LogP contribution in [-0.2, 0) is 9.47 Å². The van der Waals surface area contributed by atoms with Crippen molar-refractivity contribution < 1.29 is 49.0 Å². The molecule has 156 valence electrons. The largest absolute Gasteiger partial charge is 0.460 e. The minimum Gasteiger partial charge on any atom is -0.379 e. The molecule has 2 nitrogen and oxygen atoms in total. The highest BCUT2D eigenvalue weighted by atomic mass is 19.4. The van der Waals surface area contributed by atoms with Crippen LogP contribution in [0.3, 0.4) is 0 Å². The zero-order valence-corrected chi connectivity index (χ0v) is 13.9. The van der Waals surface area contributed by atoms with Crippen molar-refractivity contribution in [1.29, 1.82) is 0 Å². The molecule has 0 aromatic heterocycles. The lowest BCUT2D eigenvalue weighted by molar-refractivity contribution is -0.396. The maximum Gasteiger partial charge on any atom is 0.460 e. The van der Waals surface area contributed by atoms with Gasteiger partial charge in [0.25, 0.3) is 0 Å². The standard InChI is InChI=1S/C15H21F9O2/c16-12(17,13(18,19)14(20,21)15(22,23)24)7-3-1-4-8-25-10-11-6-2-5-9-26-11/h11H,1-10H2. The van der Waals surface area contributed by atoms with Crippen molar-refractivity contribution in [2.45, 2.75) is 75.0 Å². The van der Waals surface area contributed by atoms with Crippen molar-refractivity contribution in [3.63, 3.8) is 0 Å². The second kappa shape index (κ2) is 8.99. The van der Waals surface area contributed by atoms with Gasteiger partial charge in [0.15, 0.2) is 0 Å². The molecule has 0 aliphatic carbocycles. The maximum absolute atomic E-state index is 13.3. The fraction of sp³-hybridized carbons (Fsp3) is 1.00. The van der Waals surface area contributed by atoms with Crippen molar-refractivity contribution in [1.82, 2.24) is 0 Å². The fourth-order valence-electron chi connectivity index (χ4n) is 2.45. The summed E-state index contributed by atoms with van der Waals surface area (Å²) < 4.78 is 124. The smallest absolute Gasteiger partial charge is 0.379 e. The minimum absolute atomic E-state index is 0.0589. The molecular weight excluding hydrogens is 383 g/mol. The van der Waals surface area contributed by atoms with Crippen molar-refractivity contribution in [2.24, 2.45) is 0 Å². The van der Waals surface area contributed by atoms with Gasteiger partial charge >= 0.3 is 23.9 Å². The van der Waals surface area contributed by atoms with Crippen molar-refractivity contribution >= 4 is 0 Å². The van der Waals surface area contributed by atoms with Crippen LogP contribution in [-0.4, -0.2) is 49.9 Å². The van der Waals surface area contributed by atoms with E-state index in [4.69, 9.17) is 9.47 Å². The summed E-state index contributed by atoms with van der Waals surface area (Å²) in [6.45, 7) is 1.05. The van der Waals surface area contributed by atoms with Crippen LogP contribution < -0.4 is 0 Å². The number of hydrogen-bond acceptors (Lipinski definition) is 2. The van der Waals surface area contributed by atoms with Crippen molar-refractivity contribution in [2.75, 3.05) is 19.8 Å². The Morgan fingerprint density at radius 1 is 0.808 bits per heavy atom. The van der Waals surface area contributed by atoms with Gasteiger partial charge in [-0.3, -0.25) is 0 Å². The van der Waals surface area contributed by atoms with E-state index in [1.165, 1.54) is 0 Å². The van der Waals surface area contributed by atoms with Gasteiger partial charge < -0.3 is 9.47 Å². The predicted octanol–water partition coefficient (Wildman–Crippen LogP) is 5.60. The summed E-state index contributed by atoms with van der Waals surface area (Å²) in [6, 6.07) is 0. The molecule has 0 aromatic carbocycles. The quantitative estimate of drug-likeness (QED) is 0.349. The molecule has 0 amide bonds. The summed E-state index contributed by atoms with van der Waals surface area (Å²) in [5, 5.41) is 0. The van der Waals surface area contributed by atoms with Crippen LogP contribution in [0.4, 0.5) is 39.5 Å². The molecule has 1 saturated heterocycles. The van der Waals surface area contributed by atoms with Crippen molar-refractivity contribution in [3.8, 4) is 0 Å². The molecule has 0 N–H and O–H groups in total. The Hall–Kier alpha value is -0.710. The highest BCUT2D eigenvalue weighted by Crippen LogP contribution is 2.54. The zero-order valence-electron chi connectivity index (χ0n) is 13.9. The second-order valence-electron chi connectivity index (χ2n) is 6.23. The maximum atomic E-state index is 13.3. The average molecular weight is 404 g/mol. The first-order chi connectivity index (χ1) is 11.8. The van der Waals surface area contributed by atoms with Crippen LogP contribution >= 0.6 is 0 Å². The number of halogens is 9. The summed E-state index contributed by atoms with van der Waals surface area (Å²) >= 11 is 0. The average Bonchev–Trinajstić information content (AvgIpc) is 2.53. The Morgan fingerprint density at radius 3 is 2.00 bits per heavy atom. The zero-order chi connectivity index (χ0) is 20.1. The SMILES string of the molecule is FC(F)(F)C(F)(F)C(F)(F)C(F)(F)CCCCCOCC1CCCCO1. The van der Waals surface area contributed by atoms with Crippen LogP contribution in [0.15, 0.2) is 0 Å². The van der Waals surface area contributed by atoms with E-state index >= 15 is 0 Å². The van der Waals surface area contributed by atoms with Crippen molar-refractivity contribution in [3.05, 3.63) is 0 Å². The third-order valence-corrected chi connectivity index (χ3v) is 4.07. The van der Waals surface area contributed by atoms with Crippen LogP contribution in [0.1, 0.15) is 44.9 Å². The molecule has 0 spiro atoms. The molecule has 1 heterocycles.